The van der Waals surface area contributed by atoms with Crippen molar-refractivity contribution in [3.05, 3.63) is 68.6 Å². The van der Waals surface area contributed by atoms with Gasteiger partial charge in [-0.15, -0.1) is 0 Å². The first kappa shape index (κ1) is 18.7. The number of hydrogen-bond acceptors (Lipinski definition) is 3. The summed E-state index contributed by atoms with van der Waals surface area (Å²) in [5.74, 6) is -0.128. The number of anilines is 1. The molecule has 2 heterocycles. The Balaban J connectivity index is 1.75. The van der Waals surface area contributed by atoms with Crippen LogP contribution < -0.4 is 4.90 Å². The average molecular weight is 478 g/mol. The predicted molar refractivity (Wildman–Crippen MR) is 122 cm³/mol. The van der Waals surface area contributed by atoms with Crippen LogP contribution in [0, 0.1) is 0 Å². The van der Waals surface area contributed by atoms with Crippen LogP contribution in [-0.4, -0.2) is 14.8 Å². The van der Waals surface area contributed by atoms with Crippen LogP contribution in [0.4, 0.5) is 5.69 Å². The molecule has 1 aliphatic heterocycles. The predicted octanol–water partition coefficient (Wildman–Crippen LogP) is 6.48. The van der Waals surface area contributed by atoms with E-state index in [4.69, 9.17) is 23.8 Å². The Bertz CT molecular complexity index is 1120. The van der Waals surface area contributed by atoms with Crippen molar-refractivity contribution in [3.8, 4) is 0 Å². The van der Waals surface area contributed by atoms with Crippen molar-refractivity contribution in [2.45, 2.75) is 13.5 Å². The minimum Gasteiger partial charge on any atom is -0.347 e. The van der Waals surface area contributed by atoms with Gasteiger partial charge in [-0.1, -0.05) is 53.8 Å². The van der Waals surface area contributed by atoms with Gasteiger partial charge in [0.25, 0.3) is 5.91 Å². The summed E-state index contributed by atoms with van der Waals surface area (Å²) in [7, 11) is 0. The molecule has 1 aliphatic rings. The largest absolute Gasteiger partial charge is 0.347 e. The third-order valence-electron chi connectivity index (χ3n) is 4.40. The number of benzene rings is 2. The van der Waals surface area contributed by atoms with Crippen LogP contribution in [0.1, 0.15) is 12.5 Å². The first-order valence-corrected chi connectivity index (χ1v) is 10.7. The van der Waals surface area contributed by atoms with Gasteiger partial charge in [0.15, 0.2) is 4.32 Å². The molecule has 4 rings (SSSR count). The summed E-state index contributed by atoms with van der Waals surface area (Å²) in [5, 5.41) is 1.66. The van der Waals surface area contributed by atoms with Gasteiger partial charge in [0.2, 0.25) is 0 Å². The first-order valence-electron chi connectivity index (χ1n) is 8.30. The zero-order chi connectivity index (χ0) is 19.1. The summed E-state index contributed by atoms with van der Waals surface area (Å²) in [6, 6.07) is 13.6. The summed E-state index contributed by atoms with van der Waals surface area (Å²) in [6.07, 6.45) is 4.00. The molecule has 27 heavy (non-hydrogen) atoms. The molecule has 0 aliphatic carbocycles. The normalized spacial score (nSPS) is 16.1. The Labute approximate surface area is 180 Å². The van der Waals surface area contributed by atoms with E-state index in [0.717, 1.165) is 27.5 Å². The van der Waals surface area contributed by atoms with Gasteiger partial charge in [-0.05, 0) is 53.2 Å². The molecule has 1 amide bonds. The van der Waals surface area contributed by atoms with Gasteiger partial charge in [-0.3, -0.25) is 9.69 Å². The van der Waals surface area contributed by atoms with E-state index in [-0.39, 0.29) is 5.91 Å². The number of thiocarbonyl (C=S) groups is 1. The molecule has 0 saturated carbocycles. The van der Waals surface area contributed by atoms with Crippen molar-refractivity contribution in [3.63, 3.8) is 0 Å². The molecule has 3 nitrogen and oxygen atoms in total. The minimum atomic E-state index is -0.128. The number of carbonyl (C=O) groups excluding carboxylic acids is 1. The van der Waals surface area contributed by atoms with Crippen molar-refractivity contribution in [1.29, 1.82) is 0 Å². The molecule has 0 bridgehead atoms. The fourth-order valence-corrected chi connectivity index (χ4v) is 4.82. The highest BCUT2D eigenvalue weighted by Gasteiger charge is 2.33. The Hall–Kier alpha value is -1.60. The molecule has 0 spiro atoms. The lowest BCUT2D eigenvalue weighted by atomic mass is 10.1. The standard InChI is InChI=1S/C20H14BrClN2OS2/c1-2-23-11-12(14-5-3-4-6-17(14)23)9-18-19(25)24(20(26)27-18)13-7-8-15(21)16(22)10-13/h3-11H,2H2,1H3/b18-9-. The number of aromatic nitrogens is 1. The van der Waals surface area contributed by atoms with E-state index in [9.17, 15) is 4.79 Å². The number of thioether (sulfide) groups is 1. The van der Waals surface area contributed by atoms with Crippen molar-refractivity contribution < 1.29 is 4.79 Å². The number of fused-ring (bicyclic) bond motifs is 1. The highest BCUT2D eigenvalue weighted by molar-refractivity contribution is 9.10. The van der Waals surface area contributed by atoms with Gasteiger partial charge in [0.1, 0.15) is 0 Å². The van der Waals surface area contributed by atoms with E-state index >= 15 is 0 Å². The average Bonchev–Trinajstić information content (AvgIpc) is 3.15. The topological polar surface area (TPSA) is 25.2 Å². The van der Waals surface area contributed by atoms with E-state index in [2.05, 4.69) is 45.8 Å². The maximum absolute atomic E-state index is 13.0. The van der Waals surface area contributed by atoms with Gasteiger partial charge in [0.05, 0.1) is 15.6 Å². The molecular formula is C20H14BrClN2OS2. The second-order valence-corrected chi connectivity index (χ2v) is 8.94. The van der Waals surface area contributed by atoms with Crippen molar-refractivity contribution in [2.24, 2.45) is 0 Å². The number of amides is 1. The third kappa shape index (κ3) is 3.36. The van der Waals surface area contributed by atoms with Crippen molar-refractivity contribution >= 4 is 84.4 Å². The Morgan fingerprint density at radius 3 is 2.78 bits per heavy atom. The third-order valence-corrected chi connectivity index (χ3v) is 6.94. The van der Waals surface area contributed by atoms with Crippen LogP contribution >= 0.6 is 51.5 Å². The molecule has 0 radical (unpaired) electrons. The van der Waals surface area contributed by atoms with Gasteiger partial charge in [-0.25, -0.2) is 0 Å². The number of rotatable bonds is 3. The van der Waals surface area contributed by atoms with Gasteiger partial charge < -0.3 is 4.57 Å². The molecule has 1 saturated heterocycles. The summed E-state index contributed by atoms with van der Waals surface area (Å²) in [5.41, 5.74) is 2.84. The molecule has 7 heteroatoms. The van der Waals surface area contributed by atoms with Crippen LogP contribution in [0.25, 0.3) is 17.0 Å². The van der Waals surface area contributed by atoms with E-state index in [0.29, 0.717) is 19.9 Å². The van der Waals surface area contributed by atoms with Crippen LogP contribution in [0.2, 0.25) is 5.02 Å². The van der Waals surface area contributed by atoms with Gasteiger partial charge in [0, 0.05) is 33.7 Å². The number of hydrogen-bond donors (Lipinski definition) is 0. The molecule has 1 fully saturated rings. The van der Waals surface area contributed by atoms with Crippen LogP contribution in [0.5, 0.6) is 0 Å². The Morgan fingerprint density at radius 2 is 2.04 bits per heavy atom. The maximum atomic E-state index is 13.0. The second kappa shape index (κ2) is 7.43. The molecule has 0 atom stereocenters. The van der Waals surface area contributed by atoms with E-state index in [1.165, 1.54) is 16.7 Å². The summed E-state index contributed by atoms with van der Waals surface area (Å²) in [4.78, 5) is 15.2. The highest BCUT2D eigenvalue weighted by atomic mass is 79.9. The highest BCUT2D eigenvalue weighted by Crippen LogP contribution is 2.38. The molecule has 1 aromatic heterocycles. The van der Waals surface area contributed by atoms with E-state index in [1.54, 1.807) is 6.07 Å². The lowest BCUT2D eigenvalue weighted by molar-refractivity contribution is -0.113. The lowest BCUT2D eigenvalue weighted by Crippen LogP contribution is -2.27. The zero-order valence-corrected chi connectivity index (χ0v) is 18.3. The van der Waals surface area contributed by atoms with Crippen LogP contribution in [-0.2, 0) is 11.3 Å². The number of aryl methyl sites for hydroxylation is 1. The summed E-state index contributed by atoms with van der Waals surface area (Å²) in [6.45, 7) is 2.97. The number of halogens is 2. The minimum absolute atomic E-state index is 0.128. The van der Waals surface area contributed by atoms with Crippen LogP contribution in [0.15, 0.2) is 58.0 Å². The Morgan fingerprint density at radius 1 is 1.26 bits per heavy atom. The maximum Gasteiger partial charge on any atom is 0.270 e. The quantitative estimate of drug-likeness (QED) is 0.319. The van der Waals surface area contributed by atoms with Gasteiger partial charge >= 0.3 is 0 Å². The van der Waals surface area contributed by atoms with Crippen molar-refractivity contribution in [1.82, 2.24) is 4.57 Å². The van der Waals surface area contributed by atoms with E-state index in [1.807, 2.05) is 30.3 Å². The summed E-state index contributed by atoms with van der Waals surface area (Å²) < 4.78 is 3.46. The van der Waals surface area contributed by atoms with Gasteiger partial charge in [-0.2, -0.15) is 0 Å². The smallest absolute Gasteiger partial charge is 0.270 e. The fraction of sp³-hybridized carbons (Fsp3) is 0.100. The zero-order valence-electron chi connectivity index (χ0n) is 14.3. The summed E-state index contributed by atoms with van der Waals surface area (Å²) >= 11 is 16.3. The SMILES string of the molecule is CCn1cc(/C=C2\SC(=S)N(c3ccc(Br)c(Cl)c3)C2=O)c2ccccc21. The first-order chi connectivity index (χ1) is 13.0. The fourth-order valence-electron chi connectivity index (χ4n) is 3.11. The number of carbonyl (C=O) groups is 1. The van der Waals surface area contributed by atoms with Crippen molar-refractivity contribution in [2.75, 3.05) is 4.90 Å². The Kier molecular flexibility index (Phi) is 5.16. The molecule has 0 unspecified atom stereocenters. The van der Waals surface area contributed by atoms with E-state index < -0.39 is 0 Å². The molecule has 0 N–H and O–H groups in total. The number of para-hydroxylation sites is 1. The molecular weight excluding hydrogens is 464 g/mol. The second-order valence-electron chi connectivity index (χ2n) is 6.00. The monoisotopic (exact) mass is 476 g/mol. The number of nitrogens with zero attached hydrogens (tertiary/aromatic N) is 2. The lowest BCUT2D eigenvalue weighted by Gasteiger charge is -2.15. The molecule has 136 valence electrons. The van der Waals surface area contributed by atoms with Crippen LogP contribution in [0.3, 0.4) is 0 Å². The molecule has 2 aromatic carbocycles. The molecule has 3 aromatic rings.